The Bertz CT molecular complexity index is 752. The third-order valence-corrected chi connectivity index (χ3v) is 4.90. The summed E-state index contributed by atoms with van der Waals surface area (Å²) in [4.78, 5) is 27.9. The molecule has 2 aromatic heterocycles. The Labute approximate surface area is 147 Å². The van der Waals surface area contributed by atoms with Gasteiger partial charge in [-0.25, -0.2) is 9.97 Å². The Balaban J connectivity index is 1.36. The van der Waals surface area contributed by atoms with Crippen molar-refractivity contribution in [2.75, 3.05) is 18.0 Å². The second-order valence-electron chi connectivity index (χ2n) is 6.97. The van der Waals surface area contributed by atoms with Gasteiger partial charge >= 0.3 is 0 Å². The van der Waals surface area contributed by atoms with E-state index in [1.165, 1.54) is 12.8 Å². The van der Waals surface area contributed by atoms with E-state index >= 15 is 0 Å². The van der Waals surface area contributed by atoms with Gasteiger partial charge in [0.15, 0.2) is 0 Å². The van der Waals surface area contributed by atoms with Crippen LogP contribution in [0.2, 0.25) is 0 Å². The topological polar surface area (TPSA) is 71.0 Å². The largest absolute Gasteiger partial charge is 0.356 e. The van der Waals surface area contributed by atoms with Gasteiger partial charge in [-0.3, -0.25) is 9.78 Å². The van der Waals surface area contributed by atoms with Gasteiger partial charge in [-0.05, 0) is 44.7 Å². The lowest BCUT2D eigenvalue weighted by molar-refractivity contribution is 0.0931. The molecule has 1 aliphatic heterocycles. The van der Waals surface area contributed by atoms with E-state index in [1.807, 2.05) is 6.92 Å². The van der Waals surface area contributed by atoms with Crippen molar-refractivity contribution >= 4 is 11.7 Å². The van der Waals surface area contributed by atoms with Crippen LogP contribution in [0.5, 0.6) is 0 Å². The Morgan fingerprint density at radius 2 is 1.84 bits per heavy atom. The molecule has 2 aromatic rings. The van der Waals surface area contributed by atoms with Crippen molar-refractivity contribution < 1.29 is 4.79 Å². The second kappa shape index (κ2) is 6.78. The summed E-state index contributed by atoms with van der Waals surface area (Å²) < 4.78 is 0. The molecule has 6 nitrogen and oxygen atoms in total. The number of nitrogens with zero attached hydrogens (tertiary/aromatic N) is 4. The molecule has 1 amide bonds. The van der Waals surface area contributed by atoms with Gasteiger partial charge in [0.05, 0.1) is 0 Å². The average molecular weight is 337 g/mol. The minimum absolute atomic E-state index is 0.0187. The first-order valence-electron chi connectivity index (χ1n) is 9.00. The molecule has 1 N–H and O–H groups in total. The van der Waals surface area contributed by atoms with Crippen molar-refractivity contribution in [2.45, 2.75) is 44.6 Å². The van der Waals surface area contributed by atoms with Crippen molar-refractivity contribution in [1.29, 1.82) is 0 Å². The lowest BCUT2D eigenvalue weighted by atomic mass is 10.0. The highest BCUT2D eigenvalue weighted by atomic mass is 16.1. The predicted octanol–water partition coefficient (Wildman–Crippen LogP) is 2.46. The summed E-state index contributed by atoms with van der Waals surface area (Å²) in [6.07, 6.45) is 7.58. The molecule has 2 fully saturated rings. The molecule has 0 spiro atoms. The van der Waals surface area contributed by atoms with Crippen LogP contribution in [-0.4, -0.2) is 40.0 Å². The number of pyridine rings is 1. The Morgan fingerprint density at radius 3 is 2.52 bits per heavy atom. The van der Waals surface area contributed by atoms with E-state index in [-0.39, 0.29) is 11.9 Å². The molecule has 1 aliphatic carbocycles. The minimum atomic E-state index is -0.0187. The van der Waals surface area contributed by atoms with Crippen molar-refractivity contribution in [3.63, 3.8) is 0 Å². The molecule has 25 heavy (non-hydrogen) atoms. The third kappa shape index (κ3) is 3.78. The van der Waals surface area contributed by atoms with Gasteiger partial charge in [0.2, 0.25) is 0 Å². The Morgan fingerprint density at radius 1 is 1.12 bits per heavy atom. The fraction of sp³-hybridized carbons (Fsp3) is 0.474. The van der Waals surface area contributed by atoms with E-state index in [0.717, 1.165) is 43.3 Å². The third-order valence-electron chi connectivity index (χ3n) is 4.90. The molecule has 3 heterocycles. The van der Waals surface area contributed by atoms with E-state index in [0.29, 0.717) is 11.5 Å². The van der Waals surface area contributed by atoms with E-state index < -0.39 is 0 Å². The molecule has 0 bridgehead atoms. The van der Waals surface area contributed by atoms with Gasteiger partial charge in [-0.15, -0.1) is 0 Å². The summed E-state index contributed by atoms with van der Waals surface area (Å²) >= 11 is 0. The number of amides is 1. The number of carbonyl (C=O) groups is 1. The number of hydrogen-bond acceptors (Lipinski definition) is 5. The highest BCUT2D eigenvalue weighted by Gasteiger charge is 2.28. The van der Waals surface area contributed by atoms with Crippen LogP contribution in [0.3, 0.4) is 0 Å². The van der Waals surface area contributed by atoms with Gasteiger partial charge in [0.25, 0.3) is 5.91 Å². The van der Waals surface area contributed by atoms with Crippen molar-refractivity contribution in [3.8, 4) is 0 Å². The first-order chi connectivity index (χ1) is 12.2. The molecular formula is C19H23N5O. The van der Waals surface area contributed by atoms with Crippen LogP contribution in [0, 0.1) is 6.92 Å². The molecule has 2 aliphatic rings. The van der Waals surface area contributed by atoms with Crippen LogP contribution in [0.25, 0.3) is 0 Å². The second-order valence-corrected chi connectivity index (χ2v) is 6.97. The van der Waals surface area contributed by atoms with Gasteiger partial charge in [0, 0.05) is 54.8 Å². The summed E-state index contributed by atoms with van der Waals surface area (Å²) in [6, 6.07) is 5.77. The fourth-order valence-electron chi connectivity index (χ4n) is 3.29. The normalized spacial score (nSPS) is 18.2. The van der Waals surface area contributed by atoms with Crippen molar-refractivity contribution in [3.05, 3.63) is 47.7 Å². The van der Waals surface area contributed by atoms with Crippen LogP contribution in [0.4, 0.5) is 5.82 Å². The zero-order chi connectivity index (χ0) is 17.2. The van der Waals surface area contributed by atoms with E-state index in [9.17, 15) is 4.79 Å². The number of piperidine rings is 1. The molecule has 1 saturated carbocycles. The molecule has 1 saturated heterocycles. The maximum Gasteiger partial charge on any atom is 0.251 e. The molecule has 0 atom stereocenters. The standard InChI is InChI=1S/C19H23N5O/c1-13-12-17(23-18(21-13)14-2-3-14)24-10-6-16(7-11-24)22-19(25)15-4-8-20-9-5-15/h4-5,8-9,12,14,16H,2-3,6-7,10-11H2,1H3,(H,22,25). The SMILES string of the molecule is Cc1cc(N2CCC(NC(=O)c3ccncc3)CC2)nc(C2CC2)n1. The molecule has 0 unspecified atom stereocenters. The van der Waals surface area contributed by atoms with Crippen LogP contribution in [0.1, 0.15) is 53.5 Å². The number of rotatable bonds is 4. The molecule has 0 radical (unpaired) electrons. The minimum Gasteiger partial charge on any atom is -0.356 e. The number of anilines is 1. The molecule has 4 rings (SSSR count). The molecule has 6 heteroatoms. The monoisotopic (exact) mass is 337 g/mol. The summed E-state index contributed by atoms with van der Waals surface area (Å²) in [5.41, 5.74) is 1.71. The van der Waals surface area contributed by atoms with Gasteiger partial charge in [0.1, 0.15) is 11.6 Å². The maximum absolute atomic E-state index is 12.3. The Hall–Kier alpha value is -2.50. The summed E-state index contributed by atoms with van der Waals surface area (Å²) in [5.74, 6) is 2.59. The zero-order valence-electron chi connectivity index (χ0n) is 14.5. The quantitative estimate of drug-likeness (QED) is 0.928. The number of hydrogen-bond donors (Lipinski definition) is 1. The number of nitrogens with one attached hydrogen (secondary N) is 1. The number of carbonyl (C=O) groups excluding carboxylic acids is 1. The van der Waals surface area contributed by atoms with Gasteiger partial charge in [-0.2, -0.15) is 0 Å². The van der Waals surface area contributed by atoms with Crippen LogP contribution >= 0.6 is 0 Å². The van der Waals surface area contributed by atoms with Gasteiger partial charge < -0.3 is 10.2 Å². The average Bonchev–Trinajstić information content (AvgIpc) is 3.48. The predicted molar refractivity (Wildman–Crippen MR) is 95.7 cm³/mol. The first-order valence-corrected chi connectivity index (χ1v) is 9.00. The smallest absolute Gasteiger partial charge is 0.251 e. The molecular weight excluding hydrogens is 314 g/mol. The van der Waals surface area contributed by atoms with E-state index in [1.54, 1.807) is 24.5 Å². The van der Waals surface area contributed by atoms with Crippen LogP contribution in [-0.2, 0) is 0 Å². The van der Waals surface area contributed by atoms with Crippen molar-refractivity contribution in [1.82, 2.24) is 20.3 Å². The maximum atomic E-state index is 12.3. The molecule has 0 aromatic carbocycles. The lowest BCUT2D eigenvalue weighted by Gasteiger charge is -2.33. The van der Waals surface area contributed by atoms with Crippen LogP contribution < -0.4 is 10.2 Å². The summed E-state index contributed by atoms with van der Waals surface area (Å²) in [7, 11) is 0. The van der Waals surface area contributed by atoms with E-state index in [4.69, 9.17) is 4.98 Å². The summed E-state index contributed by atoms with van der Waals surface area (Å²) in [6.45, 7) is 3.85. The van der Waals surface area contributed by atoms with Crippen LogP contribution in [0.15, 0.2) is 30.6 Å². The number of aryl methyl sites for hydroxylation is 1. The zero-order valence-corrected chi connectivity index (χ0v) is 14.5. The molecule has 130 valence electrons. The summed E-state index contributed by atoms with van der Waals surface area (Å²) in [5, 5.41) is 3.13. The Kier molecular flexibility index (Phi) is 4.34. The highest BCUT2D eigenvalue weighted by molar-refractivity contribution is 5.94. The fourth-order valence-corrected chi connectivity index (χ4v) is 3.29. The number of aromatic nitrogens is 3. The highest BCUT2D eigenvalue weighted by Crippen LogP contribution is 2.38. The lowest BCUT2D eigenvalue weighted by Crippen LogP contribution is -2.45. The van der Waals surface area contributed by atoms with E-state index in [2.05, 4.69) is 26.3 Å². The van der Waals surface area contributed by atoms with Gasteiger partial charge in [-0.1, -0.05) is 0 Å². The first kappa shape index (κ1) is 16.0. The van der Waals surface area contributed by atoms with Crippen molar-refractivity contribution in [2.24, 2.45) is 0 Å².